The number of carbonyl (C=O) groups is 1. The molecule has 27 heavy (non-hydrogen) atoms. The van der Waals surface area contributed by atoms with Crippen LogP contribution >= 0.6 is 0 Å². The van der Waals surface area contributed by atoms with E-state index in [0.29, 0.717) is 18.7 Å². The van der Waals surface area contributed by atoms with Gasteiger partial charge in [0.05, 0.1) is 6.10 Å². The normalized spacial score (nSPS) is 16.5. The molecule has 4 rings (SSSR count). The first kappa shape index (κ1) is 17.6. The highest BCUT2D eigenvalue weighted by Gasteiger charge is 2.16. The molecular formula is C22H24N2O3. The molecule has 0 bridgehead atoms. The zero-order valence-electron chi connectivity index (χ0n) is 15.2. The Morgan fingerprint density at radius 3 is 2.85 bits per heavy atom. The van der Waals surface area contributed by atoms with Gasteiger partial charge in [-0.2, -0.15) is 0 Å². The lowest BCUT2D eigenvalue weighted by Gasteiger charge is -2.11. The molecule has 2 N–H and O–H groups in total. The van der Waals surface area contributed by atoms with E-state index in [9.17, 15) is 4.79 Å². The summed E-state index contributed by atoms with van der Waals surface area (Å²) >= 11 is 0. The number of aromatic nitrogens is 1. The molecule has 0 saturated carbocycles. The first-order valence-corrected chi connectivity index (χ1v) is 9.47. The summed E-state index contributed by atoms with van der Waals surface area (Å²) in [7, 11) is 0. The lowest BCUT2D eigenvalue weighted by atomic mass is 10.1. The molecular weight excluding hydrogens is 340 g/mol. The summed E-state index contributed by atoms with van der Waals surface area (Å²) < 4.78 is 11.3. The molecule has 2 aromatic carbocycles. The predicted octanol–water partition coefficient (Wildman–Crippen LogP) is 3.70. The number of hydrogen-bond acceptors (Lipinski definition) is 3. The zero-order valence-corrected chi connectivity index (χ0v) is 15.2. The summed E-state index contributed by atoms with van der Waals surface area (Å²) in [6.07, 6.45) is 5.15. The summed E-state index contributed by atoms with van der Waals surface area (Å²) in [5, 5.41) is 4.19. The fourth-order valence-electron chi connectivity index (χ4n) is 3.42. The average molecular weight is 364 g/mol. The van der Waals surface area contributed by atoms with Crippen molar-refractivity contribution in [2.75, 3.05) is 19.8 Å². The van der Waals surface area contributed by atoms with Gasteiger partial charge in [0.25, 0.3) is 5.91 Å². The molecule has 1 aromatic heterocycles. The molecule has 1 fully saturated rings. The number of aromatic amines is 1. The van der Waals surface area contributed by atoms with Crippen LogP contribution in [-0.2, 0) is 11.2 Å². The van der Waals surface area contributed by atoms with Crippen molar-refractivity contribution >= 4 is 16.8 Å². The second-order valence-electron chi connectivity index (χ2n) is 6.84. The lowest BCUT2D eigenvalue weighted by molar-refractivity contribution is 0.0679. The number of nitrogens with one attached hydrogen (secondary N) is 2. The van der Waals surface area contributed by atoms with Crippen molar-refractivity contribution in [2.24, 2.45) is 0 Å². The highest BCUT2D eigenvalue weighted by molar-refractivity contribution is 5.94. The number of carbonyl (C=O) groups excluding carboxylic acids is 1. The highest BCUT2D eigenvalue weighted by atomic mass is 16.5. The standard InChI is InChI=1S/C22H24N2O3/c25-22(23-12-11-17-14-24-21-6-2-1-5-20(17)21)16-7-9-18(10-8-16)27-15-19-4-3-13-26-19/h1-2,5-10,14,19,24H,3-4,11-13,15H2,(H,23,25)/t19-/m0/s1. The molecule has 0 unspecified atom stereocenters. The Bertz CT molecular complexity index is 895. The van der Waals surface area contributed by atoms with Gasteiger partial charge in [0, 0.05) is 35.8 Å². The van der Waals surface area contributed by atoms with Crippen LogP contribution in [0.4, 0.5) is 0 Å². The number of hydrogen-bond donors (Lipinski definition) is 2. The van der Waals surface area contributed by atoms with E-state index in [1.165, 1.54) is 10.9 Å². The van der Waals surface area contributed by atoms with Crippen LogP contribution in [0.15, 0.2) is 54.7 Å². The maximum atomic E-state index is 12.3. The molecule has 140 valence electrons. The van der Waals surface area contributed by atoms with Gasteiger partial charge < -0.3 is 19.8 Å². The third kappa shape index (κ3) is 4.31. The van der Waals surface area contributed by atoms with Gasteiger partial charge in [-0.1, -0.05) is 18.2 Å². The summed E-state index contributed by atoms with van der Waals surface area (Å²) in [6.45, 7) is 1.99. The Balaban J connectivity index is 1.26. The monoisotopic (exact) mass is 364 g/mol. The van der Waals surface area contributed by atoms with Gasteiger partial charge in [0.1, 0.15) is 12.4 Å². The van der Waals surface area contributed by atoms with Crippen LogP contribution in [0.1, 0.15) is 28.8 Å². The summed E-state index contributed by atoms with van der Waals surface area (Å²) in [5.41, 5.74) is 2.97. The second-order valence-corrected chi connectivity index (χ2v) is 6.84. The molecule has 1 atom stereocenters. The Morgan fingerprint density at radius 1 is 1.19 bits per heavy atom. The predicted molar refractivity (Wildman–Crippen MR) is 105 cm³/mol. The number of benzene rings is 2. The molecule has 1 aliphatic heterocycles. The minimum atomic E-state index is -0.0690. The van der Waals surface area contributed by atoms with Crippen molar-refractivity contribution in [1.82, 2.24) is 10.3 Å². The number of fused-ring (bicyclic) bond motifs is 1. The fraction of sp³-hybridized carbons (Fsp3) is 0.318. The highest BCUT2D eigenvalue weighted by Crippen LogP contribution is 2.18. The van der Waals surface area contributed by atoms with Crippen LogP contribution in [0.25, 0.3) is 10.9 Å². The van der Waals surface area contributed by atoms with Crippen molar-refractivity contribution in [3.05, 3.63) is 65.9 Å². The molecule has 0 radical (unpaired) electrons. The van der Waals surface area contributed by atoms with E-state index in [0.717, 1.165) is 37.1 Å². The van der Waals surface area contributed by atoms with E-state index in [1.807, 2.05) is 30.5 Å². The van der Waals surface area contributed by atoms with Crippen LogP contribution < -0.4 is 10.1 Å². The number of ether oxygens (including phenoxy) is 2. The third-order valence-electron chi connectivity index (χ3n) is 4.93. The first-order valence-electron chi connectivity index (χ1n) is 9.47. The van der Waals surface area contributed by atoms with Crippen LogP contribution in [0, 0.1) is 0 Å². The maximum Gasteiger partial charge on any atom is 0.251 e. The van der Waals surface area contributed by atoms with Gasteiger partial charge in [0.15, 0.2) is 0 Å². The smallest absolute Gasteiger partial charge is 0.251 e. The fourth-order valence-corrected chi connectivity index (χ4v) is 3.42. The quantitative estimate of drug-likeness (QED) is 0.672. The third-order valence-corrected chi connectivity index (χ3v) is 4.93. The van der Waals surface area contributed by atoms with Crippen molar-refractivity contribution < 1.29 is 14.3 Å². The van der Waals surface area contributed by atoms with Crippen LogP contribution in [-0.4, -0.2) is 36.8 Å². The van der Waals surface area contributed by atoms with Gasteiger partial charge >= 0.3 is 0 Å². The van der Waals surface area contributed by atoms with Crippen LogP contribution in [0.5, 0.6) is 5.75 Å². The Labute approximate surface area is 158 Å². The van der Waals surface area contributed by atoms with Crippen LogP contribution in [0.3, 0.4) is 0 Å². The van der Waals surface area contributed by atoms with E-state index in [1.54, 1.807) is 12.1 Å². The van der Waals surface area contributed by atoms with E-state index in [4.69, 9.17) is 9.47 Å². The van der Waals surface area contributed by atoms with Crippen molar-refractivity contribution in [3.8, 4) is 5.75 Å². The summed E-state index contributed by atoms with van der Waals surface area (Å²) in [5.74, 6) is 0.696. The number of H-pyrrole nitrogens is 1. The molecule has 5 nitrogen and oxygen atoms in total. The summed E-state index contributed by atoms with van der Waals surface area (Å²) in [6, 6.07) is 15.5. The van der Waals surface area contributed by atoms with Crippen molar-refractivity contribution in [2.45, 2.75) is 25.4 Å². The average Bonchev–Trinajstić information content (AvgIpc) is 3.37. The minimum absolute atomic E-state index is 0.0690. The molecule has 0 aliphatic carbocycles. The minimum Gasteiger partial charge on any atom is -0.491 e. The SMILES string of the molecule is O=C(NCCc1c[nH]c2ccccc12)c1ccc(OC[C@@H]2CCCO2)cc1. The zero-order chi connectivity index (χ0) is 18.5. The molecule has 1 aliphatic rings. The molecule has 1 saturated heterocycles. The van der Waals surface area contributed by atoms with Gasteiger partial charge in [-0.05, 0) is 55.2 Å². The molecule has 3 aromatic rings. The maximum absolute atomic E-state index is 12.3. The first-order chi connectivity index (χ1) is 13.3. The molecule has 1 amide bonds. The van der Waals surface area contributed by atoms with Crippen LogP contribution in [0.2, 0.25) is 0 Å². The lowest BCUT2D eigenvalue weighted by Crippen LogP contribution is -2.25. The molecule has 2 heterocycles. The topological polar surface area (TPSA) is 63.4 Å². The van der Waals surface area contributed by atoms with E-state index < -0.39 is 0 Å². The van der Waals surface area contributed by atoms with Crippen molar-refractivity contribution in [1.29, 1.82) is 0 Å². The van der Waals surface area contributed by atoms with E-state index in [2.05, 4.69) is 22.4 Å². The van der Waals surface area contributed by atoms with Crippen molar-refractivity contribution in [3.63, 3.8) is 0 Å². The summed E-state index contributed by atoms with van der Waals surface area (Å²) in [4.78, 5) is 15.6. The largest absolute Gasteiger partial charge is 0.491 e. The van der Waals surface area contributed by atoms with Gasteiger partial charge in [-0.25, -0.2) is 0 Å². The number of amides is 1. The van der Waals surface area contributed by atoms with Gasteiger partial charge in [-0.3, -0.25) is 4.79 Å². The van der Waals surface area contributed by atoms with Gasteiger partial charge in [-0.15, -0.1) is 0 Å². The molecule has 0 spiro atoms. The number of rotatable bonds is 7. The second kappa shape index (κ2) is 8.27. The Hall–Kier alpha value is -2.79. The van der Waals surface area contributed by atoms with E-state index in [-0.39, 0.29) is 12.0 Å². The van der Waals surface area contributed by atoms with E-state index >= 15 is 0 Å². The van der Waals surface area contributed by atoms with Gasteiger partial charge in [0.2, 0.25) is 0 Å². The Morgan fingerprint density at radius 2 is 2.04 bits per heavy atom. The number of para-hydroxylation sites is 1. The molecule has 5 heteroatoms. The Kier molecular flexibility index (Phi) is 5.39.